The van der Waals surface area contributed by atoms with Gasteiger partial charge in [0, 0.05) is 5.71 Å². The molecule has 0 heterocycles. The average molecular weight is 141 g/mol. The van der Waals surface area contributed by atoms with E-state index in [1.54, 1.807) is 0 Å². The van der Waals surface area contributed by atoms with Gasteiger partial charge in [-0.05, 0) is 19.8 Å². The van der Waals surface area contributed by atoms with E-state index in [9.17, 15) is 0 Å². The Balaban J connectivity index is 3.38. The summed E-state index contributed by atoms with van der Waals surface area (Å²) in [7, 11) is 0. The van der Waals surface area contributed by atoms with E-state index in [0.29, 0.717) is 6.54 Å². The van der Waals surface area contributed by atoms with Crippen molar-refractivity contribution in [3.05, 3.63) is 12.7 Å². The van der Waals surface area contributed by atoms with Gasteiger partial charge in [0.15, 0.2) is 0 Å². The molecule has 0 aliphatic rings. The summed E-state index contributed by atoms with van der Waals surface area (Å²) >= 11 is 0. The van der Waals surface area contributed by atoms with Gasteiger partial charge in [-0.1, -0.05) is 6.08 Å². The first-order chi connectivity index (χ1) is 4.81. The van der Waals surface area contributed by atoms with Crippen molar-refractivity contribution >= 4 is 5.71 Å². The average Bonchev–Trinajstić information content (AvgIpc) is 1.97. The predicted molar refractivity (Wildman–Crippen MR) is 44.5 cm³/mol. The number of aliphatic hydroxyl groups is 1. The van der Waals surface area contributed by atoms with Crippen LogP contribution in [-0.2, 0) is 0 Å². The summed E-state index contributed by atoms with van der Waals surface area (Å²) < 4.78 is 0. The van der Waals surface area contributed by atoms with Gasteiger partial charge in [-0.25, -0.2) is 0 Å². The first kappa shape index (κ1) is 9.37. The molecule has 0 aromatic heterocycles. The lowest BCUT2D eigenvalue weighted by atomic mass is 10.2. The summed E-state index contributed by atoms with van der Waals surface area (Å²) in [6.45, 7) is 6.25. The van der Waals surface area contributed by atoms with E-state index in [-0.39, 0.29) is 6.61 Å². The Bertz CT molecular complexity index is 118. The first-order valence-corrected chi connectivity index (χ1v) is 3.53. The molecule has 0 atom stereocenters. The zero-order valence-electron chi connectivity index (χ0n) is 6.51. The van der Waals surface area contributed by atoms with Gasteiger partial charge >= 0.3 is 0 Å². The molecule has 58 valence electrons. The standard InChI is InChI=1S/C8H15NO/c1-3-4-5-8(2)9-6-7-10/h3,10H,1,4-7H2,2H3. The summed E-state index contributed by atoms with van der Waals surface area (Å²) in [5, 5.41) is 8.41. The largest absolute Gasteiger partial charge is 0.394 e. The fourth-order valence-electron chi connectivity index (χ4n) is 0.631. The van der Waals surface area contributed by atoms with Crippen molar-refractivity contribution in [2.45, 2.75) is 19.8 Å². The maximum atomic E-state index is 8.41. The molecule has 10 heavy (non-hydrogen) atoms. The quantitative estimate of drug-likeness (QED) is 0.455. The molecule has 0 radical (unpaired) electrons. The molecular weight excluding hydrogens is 126 g/mol. The van der Waals surface area contributed by atoms with Crippen LogP contribution in [0.4, 0.5) is 0 Å². The Kier molecular flexibility index (Phi) is 6.08. The molecule has 0 aliphatic carbocycles. The van der Waals surface area contributed by atoms with Crippen LogP contribution in [0.5, 0.6) is 0 Å². The van der Waals surface area contributed by atoms with Gasteiger partial charge in [0.25, 0.3) is 0 Å². The van der Waals surface area contributed by atoms with Gasteiger partial charge in [-0.3, -0.25) is 4.99 Å². The van der Waals surface area contributed by atoms with Gasteiger partial charge in [0.1, 0.15) is 0 Å². The lowest BCUT2D eigenvalue weighted by Gasteiger charge is -1.95. The zero-order chi connectivity index (χ0) is 7.82. The van der Waals surface area contributed by atoms with Crippen LogP contribution in [-0.4, -0.2) is 24.0 Å². The van der Waals surface area contributed by atoms with Crippen molar-refractivity contribution in [1.82, 2.24) is 0 Å². The molecule has 0 bridgehead atoms. The number of aliphatic imine (C=N–C) groups is 1. The summed E-state index contributed by atoms with van der Waals surface area (Å²) in [4.78, 5) is 4.10. The Hall–Kier alpha value is -0.630. The van der Waals surface area contributed by atoms with E-state index in [2.05, 4.69) is 11.6 Å². The smallest absolute Gasteiger partial charge is 0.0626 e. The summed E-state index contributed by atoms with van der Waals surface area (Å²) in [6, 6.07) is 0. The van der Waals surface area contributed by atoms with Crippen molar-refractivity contribution in [3.8, 4) is 0 Å². The highest BCUT2D eigenvalue weighted by atomic mass is 16.3. The fraction of sp³-hybridized carbons (Fsp3) is 0.625. The minimum absolute atomic E-state index is 0.144. The maximum Gasteiger partial charge on any atom is 0.0626 e. The number of hydrogen-bond acceptors (Lipinski definition) is 2. The second kappa shape index (κ2) is 6.49. The summed E-state index contributed by atoms with van der Waals surface area (Å²) in [5.74, 6) is 0. The predicted octanol–water partition coefficient (Wildman–Crippen LogP) is 1.41. The molecule has 0 amide bonds. The molecule has 0 aromatic rings. The Morgan fingerprint density at radius 1 is 1.70 bits per heavy atom. The second-order valence-electron chi connectivity index (χ2n) is 2.17. The molecule has 2 heteroatoms. The van der Waals surface area contributed by atoms with Crippen LogP contribution < -0.4 is 0 Å². The number of rotatable bonds is 5. The van der Waals surface area contributed by atoms with E-state index >= 15 is 0 Å². The lowest BCUT2D eigenvalue weighted by molar-refractivity contribution is 0.307. The van der Waals surface area contributed by atoms with Gasteiger partial charge in [0.05, 0.1) is 13.2 Å². The van der Waals surface area contributed by atoms with E-state index in [1.165, 1.54) is 0 Å². The van der Waals surface area contributed by atoms with Crippen LogP contribution in [0.2, 0.25) is 0 Å². The molecule has 0 saturated heterocycles. The van der Waals surface area contributed by atoms with Crippen molar-refractivity contribution in [2.75, 3.05) is 13.2 Å². The third-order valence-corrected chi connectivity index (χ3v) is 1.19. The lowest BCUT2D eigenvalue weighted by Crippen LogP contribution is -1.95. The molecular formula is C8H15NO. The van der Waals surface area contributed by atoms with Crippen LogP contribution in [0.1, 0.15) is 19.8 Å². The van der Waals surface area contributed by atoms with Crippen LogP contribution in [0.3, 0.4) is 0 Å². The topological polar surface area (TPSA) is 32.6 Å². The number of nitrogens with zero attached hydrogens (tertiary/aromatic N) is 1. The van der Waals surface area contributed by atoms with E-state index < -0.39 is 0 Å². The fourth-order valence-corrected chi connectivity index (χ4v) is 0.631. The zero-order valence-corrected chi connectivity index (χ0v) is 6.51. The molecule has 0 aliphatic heterocycles. The van der Waals surface area contributed by atoms with E-state index in [0.717, 1.165) is 18.6 Å². The molecule has 0 fully saturated rings. The molecule has 2 nitrogen and oxygen atoms in total. The number of hydrogen-bond donors (Lipinski definition) is 1. The Morgan fingerprint density at radius 2 is 2.40 bits per heavy atom. The number of allylic oxidation sites excluding steroid dienone is 1. The SMILES string of the molecule is C=CCCC(C)=NCCO. The van der Waals surface area contributed by atoms with Crippen molar-refractivity contribution in [2.24, 2.45) is 4.99 Å². The molecule has 0 rings (SSSR count). The minimum Gasteiger partial charge on any atom is -0.394 e. The van der Waals surface area contributed by atoms with E-state index in [4.69, 9.17) is 5.11 Å². The molecule has 0 aromatic carbocycles. The highest BCUT2D eigenvalue weighted by molar-refractivity contribution is 5.81. The Labute approximate surface area is 62.3 Å². The van der Waals surface area contributed by atoms with E-state index in [1.807, 2.05) is 13.0 Å². The normalized spacial score (nSPS) is 11.6. The van der Waals surface area contributed by atoms with Crippen LogP contribution >= 0.6 is 0 Å². The molecule has 1 N–H and O–H groups in total. The monoisotopic (exact) mass is 141 g/mol. The molecule has 0 unspecified atom stereocenters. The van der Waals surface area contributed by atoms with Crippen LogP contribution in [0.25, 0.3) is 0 Å². The maximum absolute atomic E-state index is 8.41. The third-order valence-electron chi connectivity index (χ3n) is 1.19. The summed E-state index contributed by atoms with van der Waals surface area (Å²) in [5.41, 5.74) is 1.09. The van der Waals surface area contributed by atoms with Crippen LogP contribution in [0, 0.1) is 0 Å². The summed E-state index contributed by atoms with van der Waals surface area (Å²) in [6.07, 6.45) is 3.81. The van der Waals surface area contributed by atoms with Crippen molar-refractivity contribution < 1.29 is 5.11 Å². The first-order valence-electron chi connectivity index (χ1n) is 3.53. The van der Waals surface area contributed by atoms with Gasteiger partial charge in [-0.15, -0.1) is 6.58 Å². The minimum atomic E-state index is 0.144. The van der Waals surface area contributed by atoms with Gasteiger partial charge in [0.2, 0.25) is 0 Å². The number of aliphatic hydroxyl groups excluding tert-OH is 1. The van der Waals surface area contributed by atoms with Gasteiger partial charge in [-0.2, -0.15) is 0 Å². The van der Waals surface area contributed by atoms with Crippen molar-refractivity contribution in [3.63, 3.8) is 0 Å². The molecule has 0 spiro atoms. The van der Waals surface area contributed by atoms with Crippen molar-refractivity contribution in [1.29, 1.82) is 0 Å². The van der Waals surface area contributed by atoms with Gasteiger partial charge < -0.3 is 5.11 Å². The Morgan fingerprint density at radius 3 is 2.90 bits per heavy atom. The molecule has 0 saturated carbocycles. The van der Waals surface area contributed by atoms with Crippen LogP contribution in [0.15, 0.2) is 17.6 Å². The third kappa shape index (κ3) is 5.51. The second-order valence-corrected chi connectivity index (χ2v) is 2.17. The highest BCUT2D eigenvalue weighted by Crippen LogP contribution is 1.92. The highest BCUT2D eigenvalue weighted by Gasteiger charge is 1.87.